The van der Waals surface area contributed by atoms with Gasteiger partial charge in [-0.2, -0.15) is 0 Å². The molecule has 0 heterocycles. The fraction of sp³-hybridized carbons (Fsp3) is 0.111. The first-order valence-corrected chi connectivity index (χ1v) is 6.65. The molecular formula is C18H12O2. The van der Waals surface area contributed by atoms with Crippen molar-refractivity contribution in [1.29, 1.82) is 0 Å². The van der Waals surface area contributed by atoms with Crippen LogP contribution in [0.25, 0.3) is 32.3 Å². The van der Waals surface area contributed by atoms with Crippen molar-refractivity contribution in [2.45, 2.75) is 13.8 Å². The molecule has 4 rings (SSSR count). The molecule has 0 spiro atoms. The monoisotopic (exact) mass is 260 g/mol. The highest BCUT2D eigenvalue weighted by molar-refractivity contribution is 6.20. The average molecular weight is 260 g/mol. The maximum atomic E-state index is 11.9. The van der Waals surface area contributed by atoms with E-state index < -0.39 is 0 Å². The molecule has 0 saturated heterocycles. The van der Waals surface area contributed by atoms with Gasteiger partial charge in [0.2, 0.25) is 10.9 Å². The first kappa shape index (κ1) is 11.4. The van der Waals surface area contributed by atoms with E-state index in [-0.39, 0.29) is 10.9 Å². The van der Waals surface area contributed by atoms with Gasteiger partial charge in [-0.25, -0.2) is 0 Å². The highest BCUT2D eigenvalue weighted by atomic mass is 16.2. The zero-order valence-electron chi connectivity index (χ0n) is 11.3. The van der Waals surface area contributed by atoms with E-state index in [2.05, 4.69) is 12.1 Å². The zero-order valence-corrected chi connectivity index (χ0v) is 11.3. The van der Waals surface area contributed by atoms with Gasteiger partial charge in [-0.3, -0.25) is 9.59 Å². The number of fused-ring (bicyclic) bond motifs is 5. The number of rotatable bonds is 0. The molecule has 20 heavy (non-hydrogen) atoms. The van der Waals surface area contributed by atoms with Crippen LogP contribution in [-0.2, 0) is 0 Å². The van der Waals surface area contributed by atoms with E-state index >= 15 is 0 Å². The number of hydrogen-bond donors (Lipinski definition) is 0. The molecule has 0 aliphatic rings. The van der Waals surface area contributed by atoms with Crippen LogP contribution in [0.1, 0.15) is 11.1 Å². The maximum absolute atomic E-state index is 11.9. The lowest BCUT2D eigenvalue weighted by molar-refractivity contribution is 1.39. The fourth-order valence-electron chi connectivity index (χ4n) is 3.27. The third-order valence-corrected chi connectivity index (χ3v) is 4.42. The van der Waals surface area contributed by atoms with Gasteiger partial charge in [-0.05, 0) is 46.5 Å². The van der Waals surface area contributed by atoms with Crippen LogP contribution in [0, 0.1) is 13.8 Å². The van der Waals surface area contributed by atoms with Crippen LogP contribution in [0.15, 0.2) is 46.0 Å². The number of aryl methyl sites for hydroxylation is 2. The molecule has 0 atom stereocenters. The molecule has 0 fully saturated rings. The predicted octanol–water partition coefficient (Wildman–Crippen LogP) is 3.36. The second-order valence-corrected chi connectivity index (χ2v) is 5.37. The molecule has 4 aromatic carbocycles. The minimum Gasteiger partial charge on any atom is -0.285 e. The van der Waals surface area contributed by atoms with Crippen molar-refractivity contribution < 1.29 is 0 Å². The summed E-state index contributed by atoms with van der Waals surface area (Å²) in [6, 6.07) is 12.1. The second-order valence-electron chi connectivity index (χ2n) is 5.37. The molecule has 0 aromatic heterocycles. The summed E-state index contributed by atoms with van der Waals surface area (Å²) in [5.74, 6) is 0. The van der Waals surface area contributed by atoms with Crippen LogP contribution in [0.4, 0.5) is 0 Å². The van der Waals surface area contributed by atoms with Gasteiger partial charge < -0.3 is 0 Å². The Morgan fingerprint density at radius 2 is 1.30 bits per heavy atom. The molecule has 2 heteroatoms. The van der Waals surface area contributed by atoms with Crippen molar-refractivity contribution in [2.75, 3.05) is 0 Å². The first-order chi connectivity index (χ1) is 9.61. The predicted molar refractivity (Wildman–Crippen MR) is 83.3 cm³/mol. The summed E-state index contributed by atoms with van der Waals surface area (Å²) in [6.45, 7) is 3.96. The molecule has 0 aliphatic carbocycles. The molecule has 0 unspecified atom stereocenters. The molecule has 0 amide bonds. The smallest absolute Gasteiger partial charge is 0.234 e. The van der Waals surface area contributed by atoms with Gasteiger partial charge in [-0.1, -0.05) is 36.4 Å². The minimum atomic E-state index is -0.344. The standard InChI is InChI=1S/C18H12O2/c1-9-10(2)15-16(18(20)17(15)19)13-8-7-11-5-3-4-6-12(11)14(9)13/h3-8H,1-2H3. The van der Waals surface area contributed by atoms with Gasteiger partial charge in [-0.15, -0.1) is 0 Å². The highest BCUT2D eigenvalue weighted by Crippen LogP contribution is 2.34. The molecule has 0 bridgehead atoms. The van der Waals surface area contributed by atoms with Crippen LogP contribution in [-0.4, -0.2) is 0 Å². The lowest BCUT2D eigenvalue weighted by Gasteiger charge is -2.14. The maximum Gasteiger partial charge on any atom is 0.234 e. The summed E-state index contributed by atoms with van der Waals surface area (Å²) in [5, 5.41) is 5.53. The van der Waals surface area contributed by atoms with Gasteiger partial charge in [0, 0.05) is 10.8 Å². The summed E-state index contributed by atoms with van der Waals surface area (Å²) < 4.78 is 0. The van der Waals surface area contributed by atoms with Crippen molar-refractivity contribution in [3.05, 3.63) is 68.0 Å². The van der Waals surface area contributed by atoms with Gasteiger partial charge in [0.15, 0.2) is 0 Å². The fourth-order valence-corrected chi connectivity index (χ4v) is 3.27. The third kappa shape index (κ3) is 1.14. The normalized spacial score (nSPS) is 11.9. The SMILES string of the molecule is Cc1c(C)c2c3ccccc3ccc2c2c(=O)c(=O)c12. The molecule has 0 radical (unpaired) electrons. The van der Waals surface area contributed by atoms with Gasteiger partial charge in [0.05, 0.1) is 0 Å². The molecule has 0 aliphatic heterocycles. The van der Waals surface area contributed by atoms with E-state index in [0.29, 0.717) is 10.8 Å². The second kappa shape index (κ2) is 3.54. The minimum absolute atomic E-state index is 0.337. The zero-order chi connectivity index (χ0) is 14.0. The van der Waals surface area contributed by atoms with Crippen LogP contribution < -0.4 is 10.9 Å². The molecule has 96 valence electrons. The van der Waals surface area contributed by atoms with E-state index in [9.17, 15) is 9.59 Å². The summed E-state index contributed by atoms with van der Waals surface area (Å²) >= 11 is 0. The number of benzene rings is 3. The van der Waals surface area contributed by atoms with Gasteiger partial charge in [0.25, 0.3) is 0 Å². The summed E-state index contributed by atoms with van der Waals surface area (Å²) in [7, 11) is 0. The van der Waals surface area contributed by atoms with E-state index in [1.54, 1.807) is 0 Å². The van der Waals surface area contributed by atoms with Crippen molar-refractivity contribution in [1.82, 2.24) is 0 Å². The Morgan fingerprint density at radius 1 is 0.650 bits per heavy atom. The average Bonchev–Trinajstić information content (AvgIpc) is 2.48. The lowest BCUT2D eigenvalue weighted by atomic mass is 9.87. The van der Waals surface area contributed by atoms with E-state index in [1.807, 2.05) is 38.1 Å². The highest BCUT2D eigenvalue weighted by Gasteiger charge is 2.20. The summed E-state index contributed by atoms with van der Waals surface area (Å²) in [4.78, 5) is 23.7. The number of hydrogen-bond acceptors (Lipinski definition) is 2. The molecular weight excluding hydrogens is 248 g/mol. The van der Waals surface area contributed by atoms with E-state index in [1.165, 1.54) is 0 Å². The third-order valence-electron chi connectivity index (χ3n) is 4.42. The largest absolute Gasteiger partial charge is 0.285 e. The molecule has 0 saturated carbocycles. The van der Waals surface area contributed by atoms with Crippen LogP contribution in [0.5, 0.6) is 0 Å². The first-order valence-electron chi connectivity index (χ1n) is 6.65. The Bertz CT molecular complexity index is 1090. The Labute approximate surface area is 115 Å². The summed E-state index contributed by atoms with van der Waals surface area (Å²) in [6.07, 6.45) is 0. The quantitative estimate of drug-likeness (QED) is 0.359. The molecule has 4 aromatic rings. The van der Waals surface area contributed by atoms with Crippen molar-refractivity contribution >= 4 is 32.3 Å². The van der Waals surface area contributed by atoms with E-state index in [0.717, 1.165) is 32.7 Å². The van der Waals surface area contributed by atoms with E-state index in [4.69, 9.17) is 0 Å². The summed E-state index contributed by atoms with van der Waals surface area (Å²) in [5.41, 5.74) is 1.35. The Kier molecular flexibility index (Phi) is 2.01. The molecule has 2 nitrogen and oxygen atoms in total. The van der Waals surface area contributed by atoms with Gasteiger partial charge >= 0.3 is 0 Å². The Balaban J connectivity index is 2.44. The topological polar surface area (TPSA) is 34.1 Å². The lowest BCUT2D eigenvalue weighted by Crippen LogP contribution is -2.31. The van der Waals surface area contributed by atoms with Crippen molar-refractivity contribution in [2.24, 2.45) is 0 Å². The van der Waals surface area contributed by atoms with Crippen LogP contribution in [0.2, 0.25) is 0 Å². The molecule has 0 N–H and O–H groups in total. The Hall–Kier alpha value is -2.48. The van der Waals surface area contributed by atoms with Crippen LogP contribution in [0.3, 0.4) is 0 Å². The van der Waals surface area contributed by atoms with Crippen molar-refractivity contribution in [3.8, 4) is 0 Å². The van der Waals surface area contributed by atoms with Crippen molar-refractivity contribution in [3.63, 3.8) is 0 Å². The Morgan fingerprint density at radius 3 is 2.10 bits per heavy atom. The van der Waals surface area contributed by atoms with Gasteiger partial charge in [0.1, 0.15) is 0 Å². The van der Waals surface area contributed by atoms with Crippen LogP contribution >= 0.6 is 0 Å².